The van der Waals surface area contributed by atoms with E-state index in [1.807, 2.05) is 30.3 Å². The van der Waals surface area contributed by atoms with E-state index in [1.54, 1.807) is 0 Å². The molecule has 1 aromatic heterocycles. The maximum atomic E-state index is 12.7. The topological polar surface area (TPSA) is 106 Å². The lowest BCUT2D eigenvalue weighted by Crippen LogP contribution is -2.34. The summed E-state index contributed by atoms with van der Waals surface area (Å²) in [6.07, 6.45) is 2.05. The third kappa shape index (κ3) is 6.03. The summed E-state index contributed by atoms with van der Waals surface area (Å²) in [5.41, 5.74) is 1.79. The number of amides is 1. The summed E-state index contributed by atoms with van der Waals surface area (Å²) < 4.78 is 16.7. The Morgan fingerprint density at radius 2 is 2.17 bits per heavy atom. The number of para-hydroxylation sites is 2. The largest absolute Gasteiger partial charge is 0.459 e. The van der Waals surface area contributed by atoms with Crippen molar-refractivity contribution in [2.45, 2.75) is 33.1 Å². The lowest BCUT2D eigenvalue weighted by molar-refractivity contribution is -0.155. The number of fused-ring (bicyclic) bond motifs is 1. The highest BCUT2D eigenvalue weighted by atomic mass is 16.7. The van der Waals surface area contributed by atoms with Gasteiger partial charge in [0.25, 0.3) is 5.91 Å². The highest BCUT2D eigenvalue weighted by molar-refractivity contribution is 5.91. The number of aromatic nitrogens is 2. The lowest BCUT2D eigenvalue weighted by atomic mass is 9.90. The molecule has 8 nitrogen and oxygen atoms in total. The zero-order valence-electron chi connectivity index (χ0n) is 16.9. The second kappa shape index (κ2) is 10.4. The van der Waals surface area contributed by atoms with Crippen molar-refractivity contribution in [3.8, 4) is 0 Å². The number of ether oxygens (including phenoxy) is 3. The Hall–Kier alpha value is -2.42. The highest BCUT2D eigenvalue weighted by Gasteiger charge is 2.29. The quantitative estimate of drug-likeness (QED) is 0.525. The summed E-state index contributed by atoms with van der Waals surface area (Å²) in [4.78, 5) is 20.3. The van der Waals surface area contributed by atoms with Gasteiger partial charge in [0.2, 0.25) is 6.29 Å². The molecule has 1 amide bonds. The molecule has 1 aliphatic heterocycles. The number of hydrogen-bond acceptors (Lipinski definition) is 6. The Kier molecular flexibility index (Phi) is 7.62. The van der Waals surface area contributed by atoms with E-state index in [-0.39, 0.29) is 37.3 Å². The molecule has 158 valence electrons. The number of aliphatic hydroxyl groups excluding tert-OH is 1. The molecule has 0 saturated heterocycles. The number of allylic oxidation sites excluding steroid dienone is 1. The van der Waals surface area contributed by atoms with E-state index < -0.39 is 6.29 Å². The molecule has 2 atom stereocenters. The zero-order chi connectivity index (χ0) is 20.6. The minimum absolute atomic E-state index is 0.0202. The molecule has 0 aliphatic carbocycles. The normalized spacial score (nSPS) is 19.2. The number of aromatic amines is 1. The summed E-state index contributed by atoms with van der Waals surface area (Å²) in [5, 5.41) is 11.6. The average molecular weight is 403 g/mol. The van der Waals surface area contributed by atoms with Crippen molar-refractivity contribution in [2.24, 2.45) is 11.8 Å². The number of imidazole rings is 1. The second-order valence-corrected chi connectivity index (χ2v) is 7.31. The Morgan fingerprint density at radius 1 is 1.34 bits per heavy atom. The van der Waals surface area contributed by atoms with E-state index in [2.05, 4.69) is 29.1 Å². The average Bonchev–Trinajstić information content (AvgIpc) is 3.14. The highest BCUT2D eigenvalue weighted by Crippen LogP contribution is 2.28. The molecule has 8 heteroatoms. The fourth-order valence-corrected chi connectivity index (χ4v) is 3.16. The van der Waals surface area contributed by atoms with Crippen LogP contribution in [0.2, 0.25) is 0 Å². The van der Waals surface area contributed by atoms with Gasteiger partial charge in [-0.3, -0.25) is 4.79 Å². The smallest absolute Gasteiger partial charge is 0.286 e. The first-order valence-electron chi connectivity index (χ1n) is 9.97. The number of hydrogen-bond donors (Lipinski definition) is 3. The van der Waals surface area contributed by atoms with Crippen LogP contribution in [-0.4, -0.2) is 53.7 Å². The van der Waals surface area contributed by atoms with Crippen molar-refractivity contribution in [2.75, 3.05) is 26.4 Å². The molecule has 2 aromatic rings. The molecule has 0 spiro atoms. The van der Waals surface area contributed by atoms with Crippen LogP contribution in [0.1, 0.15) is 26.1 Å². The van der Waals surface area contributed by atoms with Gasteiger partial charge in [0, 0.05) is 6.42 Å². The minimum atomic E-state index is -0.503. The van der Waals surface area contributed by atoms with Gasteiger partial charge in [0.1, 0.15) is 5.82 Å². The van der Waals surface area contributed by atoms with Crippen LogP contribution in [0.25, 0.3) is 11.0 Å². The molecule has 0 radical (unpaired) electrons. The predicted octanol–water partition coefficient (Wildman–Crippen LogP) is 2.11. The standard InChI is InChI=1S/C21H29N3O5/c1-14(2)15-11-18(29-20(12-15)28-10-9-27-8-7-25)21(26)22-13-19-23-16-5-3-4-6-17(16)24-19/h3-6,11,14-15,20,25H,7-10,12-13H2,1-2H3,(H,22,26)(H,23,24)/t15-,20+/m1/s1. The van der Waals surface area contributed by atoms with Crippen LogP contribution in [0, 0.1) is 11.8 Å². The monoisotopic (exact) mass is 403 g/mol. The zero-order valence-corrected chi connectivity index (χ0v) is 16.9. The number of rotatable bonds is 10. The fraction of sp³-hybridized carbons (Fsp3) is 0.524. The van der Waals surface area contributed by atoms with E-state index in [1.165, 1.54) is 0 Å². The van der Waals surface area contributed by atoms with E-state index >= 15 is 0 Å². The molecule has 3 rings (SSSR count). The van der Waals surface area contributed by atoms with E-state index in [0.29, 0.717) is 31.4 Å². The Bertz CT molecular complexity index is 800. The molecule has 3 N–H and O–H groups in total. The number of carbonyl (C=O) groups is 1. The SMILES string of the molecule is CC(C)[C@@H]1C=C(C(=O)NCc2nc3ccccc3[nH]2)O[C@H](OCCOCCO)C1. The molecule has 0 saturated carbocycles. The summed E-state index contributed by atoms with van der Waals surface area (Å²) in [7, 11) is 0. The van der Waals surface area contributed by atoms with Gasteiger partial charge in [0.15, 0.2) is 5.76 Å². The number of nitrogens with one attached hydrogen (secondary N) is 2. The molecule has 1 aliphatic rings. The molecule has 0 bridgehead atoms. The summed E-state index contributed by atoms with van der Waals surface area (Å²) in [6.45, 7) is 5.46. The minimum Gasteiger partial charge on any atom is -0.459 e. The first-order chi connectivity index (χ1) is 14.1. The van der Waals surface area contributed by atoms with Crippen molar-refractivity contribution in [3.63, 3.8) is 0 Å². The van der Waals surface area contributed by atoms with Crippen molar-refractivity contribution in [3.05, 3.63) is 41.9 Å². The van der Waals surface area contributed by atoms with Crippen molar-refractivity contribution in [1.29, 1.82) is 0 Å². The molecular formula is C21H29N3O5. The third-order valence-corrected chi connectivity index (χ3v) is 4.79. The Labute approximate surface area is 170 Å². The van der Waals surface area contributed by atoms with E-state index in [9.17, 15) is 4.79 Å². The maximum absolute atomic E-state index is 12.7. The van der Waals surface area contributed by atoms with Gasteiger partial charge in [-0.1, -0.05) is 26.0 Å². The lowest BCUT2D eigenvalue weighted by Gasteiger charge is -2.30. The van der Waals surface area contributed by atoms with Crippen LogP contribution in [0.15, 0.2) is 36.1 Å². The molecular weight excluding hydrogens is 374 g/mol. The molecule has 0 fully saturated rings. The first-order valence-corrected chi connectivity index (χ1v) is 9.97. The second-order valence-electron chi connectivity index (χ2n) is 7.31. The summed E-state index contributed by atoms with van der Waals surface area (Å²) in [5.74, 6) is 1.20. The molecule has 2 heterocycles. The number of nitrogens with zero attached hydrogens (tertiary/aromatic N) is 1. The molecule has 29 heavy (non-hydrogen) atoms. The van der Waals surface area contributed by atoms with Crippen LogP contribution >= 0.6 is 0 Å². The number of aliphatic hydroxyl groups is 1. The van der Waals surface area contributed by atoms with Gasteiger partial charge < -0.3 is 29.6 Å². The van der Waals surface area contributed by atoms with Gasteiger partial charge in [-0.25, -0.2) is 4.98 Å². The van der Waals surface area contributed by atoms with Crippen LogP contribution in [0.4, 0.5) is 0 Å². The molecule has 1 aromatic carbocycles. The van der Waals surface area contributed by atoms with Crippen molar-refractivity contribution >= 4 is 16.9 Å². The van der Waals surface area contributed by atoms with Crippen LogP contribution in [-0.2, 0) is 25.5 Å². The number of H-pyrrole nitrogens is 1. The first kappa shape index (κ1) is 21.3. The van der Waals surface area contributed by atoms with Crippen molar-refractivity contribution < 1.29 is 24.1 Å². The van der Waals surface area contributed by atoms with Gasteiger partial charge >= 0.3 is 0 Å². The van der Waals surface area contributed by atoms with E-state index in [0.717, 1.165) is 11.0 Å². The van der Waals surface area contributed by atoms with Gasteiger partial charge in [0.05, 0.1) is 44.0 Å². The van der Waals surface area contributed by atoms with E-state index in [4.69, 9.17) is 19.3 Å². The summed E-state index contributed by atoms with van der Waals surface area (Å²) >= 11 is 0. The number of benzene rings is 1. The van der Waals surface area contributed by atoms with Crippen LogP contribution in [0.5, 0.6) is 0 Å². The Balaban J connectivity index is 1.56. The van der Waals surface area contributed by atoms with Gasteiger partial charge in [-0.15, -0.1) is 0 Å². The molecule has 0 unspecified atom stereocenters. The van der Waals surface area contributed by atoms with Crippen molar-refractivity contribution in [1.82, 2.24) is 15.3 Å². The predicted molar refractivity (Wildman–Crippen MR) is 108 cm³/mol. The van der Waals surface area contributed by atoms with Crippen LogP contribution in [0.3, 0.4) is 0 Å². The Morgan fingerprint density at radius 3 is 2.93 bits per heavy atom. The maximum Gasteiger partial charge on any atom is 0.286 e. The third-order valence-electron chi connectivity index (χ3n) is 4.79. The van der Waals surface area contributed by atoms with Crippen LogP contribution < -0.4 is 5.32 Å². The van der Waals surface area contributed by atoms with Gasteiger partial charge in [-0.2, -0.15) is 0 Å². The number of carbonyl (C=O) groups excluding carboxylic acids is 1. The summed E-state index contributed by atoms with van der Waals surface area (Å²) in [6, 6.07) is 7.72. The van der Waals surface area contributed by atoms with Gasteiger partial charge in [-0.05, 0) is 30.0 Å². The fourth-order valence-electron chi connectivity index (χ4n) is 3.16.